The molecule has 0 aromatic rings. The second kappa shape index (κ2) is 7.92. The van der Waals surface area contributed by atoms with Crippen molar-refractivity contribution in [2.24, 2.45) is 5.73 Å². The largest absolute Gasteiger partial charge is 0.468 e. The number of hydrogen-bond donors (Lipinski definition) is 2. The van der Waals surface area contributed by atoms with Crippen LogP contribution in [0, 0.1) is 0 Å². The lowest BCUT2D eigenvalue weighted by atomic mass is 10.1. The summed E-state index contributed by atoms with van der Waals surface area (Å²) >= 11 is 0. The van der Waals surface area contributed by atoms with Gasteiger partial charge in [-0.05, 0) is 19.3 Å². The molecule has 94 valence electrons. The molecule has 0 aromatic carbocycles. The molecule has 0 aliphatic rings. The molecule has 6 nitrogen and oxygen atoms in total. The fraction of sp³-hybridized carbons (Fsp3) is 0.800. The van der Waals surface area contributed by atoms with E-state index in [1.807, 2.05) is 0 Å². The average Bonchev–Trinajstić information content (AvgIpc) is 2.26. The number of ether oxygens (including phenoxy) is 1. The summed E-state index contributed by atoms with van der Waals surface area (Å²) in [4.78, 5) is 23.5. The predicted molar refractivity (Wildman–Crippen MR) is 60.9 cm³/mol. The van der Waals surface area contributed by atoms with Crippen LogP contribution in [0.15, 0.2) is 0 Å². The summed E-state index contributed by atoms with van der Waals surface area (Å²) in [6, 6.07) is -0.674. The summed E-state index contributed by atoms with van der Waals surface area (Å²) in [5.41, 5.74) is 5.55. The summed E-state index contributed by atoms with van der Waals surface area (Å²) in [6.07, 6.45) is 2.15. The van der Waals surface area contributed by atoms with E-state index in [0.717, 1.165) is 12.8 Å². The summed E-state index contributed by atoms with van der Waals surface area (Å²) < 4.78 is 4.50. The number of carbonyl (C=O) groups is 2. The topological polar surface area (TPSA) is 84.7 Å². The van der Waals surface area contributed by atoms with Gasteiger partial charge in [0.2, 0.25) is 0 Å². The van der Waals surface area contributed by atoms with E-state index in [4.69, 9.17) is 5.73 Å². The van der Waals surface area contributed by atoms with Crippen LogP contribution in [-0.4, -0.2) is 50.7 Å². The minimum atomic E-state index is -0.561. The molecule has 0 bridgehead atoms. The van der Waals surface area contributed by atoms with Crippen molar-refractivity contribution in [3.8, 4) is 0 Å². The standard InChI is InChI=1S/C10H21N3O3/c1-13(2)10(15)12-7-5-4-6-8(11)9(14)16-3/h8H,4-7,11H2,1-3H3,(H,12,15)/t8-/m0/s1. The lowest BCUT2D eigenvalue weighted by Crippen LogP contribution is -2.35. The highest BCUT2D eigenvalue weighted by Crippen LogP contribution is 1.99. The third-order valence-electron chi connectivity index (χ3n) is 2.13. The van der Waals surface area contributed by atoms with Gasteiger partial charge in [-0.1, -0.05) is 0 Å². The Kier molecular flexibility index (Phi) is 7.28. The van der Waals surface area contributed by atoms with Crippen molar-refractivity contribution in [1.29, 1.82) is 0 Å². The molecule has 6 heteroatoms. The van der Waals surface area contributed by atoms with Gasteiger partial charge in [0.1, 0.15) is 6.04 Å². The molecule has 0 spiro atoms. The van der Waals surface area contributed by atoms with Gasteiger partial charge in [-0.2, -0.15) is 0 Å². The van der Waals surface area contributed by atoms with Crippen LogP contribution in [0.1, 0.15) is 19.3 Å². The Morgan fingerprint density at radius 2 is 2.00 bits per heavy atom. The molecule has 3 N–H and O–H groups in total. The molecule has 0 aliphatic carbocycles. The van der Waals surface area contributed by atoms with Gasteiger partial charge in [-0.3, -0.25) is 4.79 Å². The zero-order valence-electron chi connectivity index (χ0n) is 10.2. The van der Waals surface area contributed by atoms with Gasteiger partial charge >= 0.3 is 12.0 Å². The van der Waals surface area contributed by atoms with Crippen LogP contribution in [0.5, 0.6) is 0 Å². The van der Waals surface area contributed by atoms with Crippen molar-refractivity contribution in [3.63, 3.8) is 0 Å². The molecule has 2 amide bonds. The molecule has 0 saturated carbocycles. The number of methoxy groups -OCH3 is 1. The Morgan fingerprint density at radius 3 is 2.50 bits per heavy atom. The van der Waals surface area contributed by atoms with Gasteiger partial charge in [0.25, 0.3) is 0 Å². The van der Waals surface area contributed by atoms with Crippen LogP contribution in [-0.2, 0) is 9.53 Å². The number of rotatable bonds is 6. The third-order valence-corrected chi connectivity index (χ3v) is 2.13. The molecular weight excluding hydrogens is 210 g/mol. The highest BCUT2D eigenvalue weighted by molar-refractivity contribution is 5.75. The van der Waals surface area contributed by atoms with Crippen LogP contribution < -0.4 is 11.1 Å². The van der Waals surface area contributed by atoms with Gasteiger partial charge in [0.15, 0.2) is 0 Å². The second-order valence-electron chi connectivity index (χ2n) is 3.75. The predicted octanol–water partition coefficient (Wildman–Crippen LogP) is -0.0718. The molecule has 0 radical (unpaired) electrons. The Hall–Kier alpha value is -1.30. The molecule has 16 heavy (non-hydrogen) atoms. The number of carbonyl (C=O) groups excluding carboxylic acids is 2. The number of esters is 1. The Morgan fingerprint density at radius 1 is 1.38 bits per heavy atom. The molecular formula is C10H21N3O3. The minimum absolute atomic E-state index is 0.114. The Labute approximate surface area is 96.1 Å². The van der Waals surface area contributed by atoms with Crippen molar-refractivity contribution < 1.29 is 14.3 Å². The van der Waals surface area contributed by atoms with Gasteiger partial charge in [-0.15, -0.1) is 0 Å². The average molecular weight is 231 g/mol. The number of nitrogens with two attached hydrogens (primary N) is 1. The third kappa shape index (κ3) is 6.23. The maximum Gasteiger partial charge on any atom is 0.322 e. The fourth-order valence-electron chi connectivity index (χ4n) is 1.11. The molecule has 0 unspecified atom stereocenters. The van der Waals surface area contributed by atoms with Crippen molar-refractivity contribution in [2.75, 3.05) is 27.7 Å². The zero-order chi connectivity index (χ0) is 12.6. The quantitative estimate of drug-likeness (QED) is 0.495. The minimum Gasteiger partial charge on any atom is -0.468 e. The molecule has 1 atom stereocenters. The monoisotopic (exact) mass is 231 g/mol. The highest BCUT2D eigenvalue weighted by atomic mass is 16.5. The van der Waals surface area contributed by atoms with E-state index in [0.29, 0.717) is 13.0 Å². The molecule has 0 aromatic heterocycles. The van der Waals surface area contributed by atoms with Gasteiger partial charge in [0, 0.05) is 20.6 Å². The number of nitrogens with one attached hydrogen (secondary N) is 1. The van der Waals surface area contributed by atoms with Crippen LogP contribution in [0.3, 0.4) is 0 Å². The van der Waals surface area contributed by atoms with Crippen molar-refractivity contribution >= 4 is 12.0 Å². The van der Waals surface area contributed by atoms with Gasteiger partial charge in [-0.25, -0.2) is 4.79 Å². The smallest absolute Gasteiger partial charge is 0.322 e. The number of urea groups is 1. The van der Waals surface area contributed by atoms with Crippen molar-refractivity contribution in [3.05, 3.63) is 0 Å². The van der Waals surface area contributed by atoms with Crippen molar-refractivity contribution in [1.82, 2.24) is 10.2 Å². The number of unbranched alkanes of at least 4 members (excludes halogenated alkanes) is 1. The molecule has 0 fully saturated rings. The number of nitrogens with zero attached hydrogens (tertiary/aromatic N) is 1. The molecule has 0 aliphatic heterocycles. The fourth-order valence-corrected chi connectivity index (χ4v) is 1.11. The lowest BCUT2D eigenvalue weighted by Gasteiger charge is -2.12. The SMILES string of the molecule is COC(=O)[C@@H](N)CCCCNC(=O)N(C)C. The first-order chi connectivity index (χ1) is 7.49. The second-order valence-corrected chi connectivity index (χ2v) is 3.75. The first kappa shape index (κ1) is 14.7. The Bertz CT molecular complexity index is 231. The highest BCUT2D eigenvalue weighted by Gasteiger charge is 2.12. The maximum atomic E-state index is 11.1. The van der Waals surface area contributed by atoms with E-state index in [1.54, 1.807) is 14.1 Å². The molecule has 0 saturated heterocycles. The van der Waals surface area contributed by atoms with Gasteiger partial charge in [0.05, 0.1) is 7.11 Å². The summed E-state index contributed by atoms with van der Waals surface area (Å²) in [7, 11) is 4.69. The van der Waals surface area contributed by atoms with E-state index in [1.165, 1.54) is 12.0 Å². The normalized spacial score (nSPS) is 11.8. The van der Waals surface area contributed by atoms with Crippen LogP contribution in [0.4, 0.5) is 4.79 Å². The van der Waals surface area contributed by atoms with E-state index in [2.05, 4.69) is 10.1 Å². The van der Waals surface area contributed by atoms with Crippen LogP contribution in [0.2, 0.25) is 0 Å². The molecule has 0 heterocycles. The van der Waals surface area contributed by atoms with Crippen molar-refractivity contribution in [2.45, 2.75) is 25.3 Å². The van der Waals surface area contributed by atoms with E-state index in [9.17, 15) is 9.59 Å². The molecule has 0 rings (SSSR count). The summed E-state index contributed by atoms with van der Waals surface area (Å²) in [5, 5.41) is 2.73. The number of amides is 2. The van der Waals surface area contributed by atoms with E-state index < -0.39 is 12.0 Å². The summed E-state index contributed by atoms with van der Waals surface area (Å²) in [5.74, 6) is -0.391. The van der Waals surface area contributed by atoms with E-state index in [-0.39, 0.29) is 6.03 Å². The van der Waals surface area contributed by atoms with E-state index >= 15 is 0 Å². The van der Waals surface area contributed by atoms with Gasteiger partial charge < -0.3 is 20.7 Å². The zero-order valence-corrected chi connectivity index (χ0v) is 10.2. The first-order valence-corrected chi connectivity index (χ1v) is 5.27. The maximum absolute atomic E-state index is 11.1. The van der Waals surface area contributed by atoms with Crippen LogP contribution in [0.25, 0.3) is 0 Å². The Balaban J connectivity index is 3.47. The summed E-state index contributed by atoms with van der Waals surface area (Å²) in [6.45, 7) is 0.588. The van der Waals surface area contributed by atoms with Crippen LogP contribution >= 0.6 is 0 Å². The lowest BCUT2D eigenvalue weighted by molar-refractivity contribution is -0.142. The first-order valence-electron chi connectivity index (χ1n) is 5.27. The number of hydrogen-bond acceptors (Lipinski definition) is 4.